The van der Waals surface area contributed by atoms with Crippen molar-refractivity contribution in [2.75, 3.05) is 6.54 Å². The standard InChI is InChI=1S/C15H13F3N2O/c16-15(17,18)14-6-9(4-5-20-14)10-2-1-3-11-12(10)8-21-13(11)7-19/h1-6,13H,7-8,19H2. The van der Waals surface area contributed by atoms with E-state index in [1.807, 2.05) is 6.07 Å². The van der Waals surface area contributed by atoms with E-state index in [1.54, 1.807) is 18.2 Å². The Morgan fingerprint density at radius 2 is 2.10 bits per heavy atom. The zero-order valence-corrected chi connectivity index (χ0v) is 11.0. The first-order chi connectivity index (χ1) is 10.0. The van der Waals surface area contributed by atoms with E-state index in [0.29, 0.717) is 18.7 Å². The molecule has 0 radical (unpaired) electrons. The van der Waals surface area contributed by atoms with Crippen molar-refractivity contribution < 1.29 is 17.9 Å². The van der Waals surface area contributed by atoms with Crippen LogP contribution >= 0.6 is 0 Å². The Hall–Kier alpha value is -1.92. The third-order valence-electron chi connectivity index (χ3n) is 3.56. The van der Waals surface area contributed by atoms with Gasteiger partial charge in [0, 0.05) is 12.7 Å². The second-order valence-electron chi connectivity index (χ2n) is 4.84. The van der Waals surface area contributed by atoms with E-state index < -0.39 is 11.9 Å². The second-order valence-corrected chi connectivity index (χ2v) is 4.84. The van der Waals surface area contributed by atoms with E-state index in [1.165, 1.54) is 6.20 Å². The summed E-state index contributed by atoms with van der Waals surface area (Å²) in [6.45, 7) is 0.706. The molecule has 2 aromatic rings. The SMILES string of the molecule is NCC1OCc2c(-c3ccnc(C(F)(F)F)c3)cccc21. The molecule has 6 heteroatoms. The highest BCUT2D eigenvalue weighted by atomic mass is 19.4. The number of halogens is 3. The van der Waals surface area contributed by atoms with Gasteiger partial charge in [-0.25, -0.2) is 0 Å². The van der Waals surface area contributed by atoms with Crippen molar-refractivity contribution in [3.63, 3.8) is 0 Å². The molecule has 21 heavy (non-hydrogen) atoms. The van der Waals surface area contributed by atoms with Gasteiger partial charge < -0.3 is 10.5 Å². The van der Waals surface area contributed by atoms with Crippen molar-refractivity contribution in [1.29, 1.82) is 0 Å². The van der Waals surface area contributed by atoms with Crippen LogP contribution in [0.2, 0.25) is 0 Å². The molecule has 1 unspecified atom stereocenters. The van der Waals surface area contributed by atoms with E-state index in [9.17, 15) is 13.2 Å². The number of hydrogen-bond acceptors (Lipinski definition) is 3. The molecular weight excluding hydrogens is 281 g/mol. The fourth-order valence-corrected chi connectivity index (χ4v) is 2.56. The molecule has 3 rings (SSSR count). The minimum atomic E-state index is -4.45. The number of nitrogens with zero attached hydrogens (tertiary/aromatic N) is 1. The largest absolute Gasteiger partial charge is 0.433 e. The van der Waals surface area contributed by atoms with E-state index in [4.69, 9.17) is 10.5 Å². The monoisotopic (exact) mass is 294 g/mol. The molecule has 1 aliphatic heterocycles. The number of aromatic nitrogens is 1. The molecule has 3 nitrogen and oxygen atoms in total. The third kappa shape index (κ3) is 2.52. The zero-order valence-electron chi connectivity index (χ0n) is 11.0. The third-order valence-corrected chi connectivity index (χ3v) is 3.56. The summed E-state index contributed by atoms with van der Waals surface area (Å²) >= 11 is 0. The number of ether oxygens (including phenoxy) is 1. The lowest BCUT2D eigenvalue weighted by molar-refractivity contribution is -0.141. The van der Waals surface area contributed by atoms with Gasteiger partial charge >= 0.3 is 6.18 Å². The van der Waals surface area contributed by atoms with Gasteiger partial charge in [0.15, 0.2) is 0 Å². The number of rotatable bonds is 2. The van der Waals surface area contributed by atoms with Crippen LogP contribution in [0, 0.1) is 0 Å². The number of hydrogen-bond donors (Lipinski definition) is 1. The highest BCUT2D eigenvalue weighted by Gasteiger charge is 2.33. The van der Waals surface area contributed by atoms with Crippen molar-refractivity contribution in [2.24, 2.45) is 5.73 Å². The molecule has 0 aliphatic carbocycles. The van der Waals surface area contributed by atoms with Gasteiger partial charge in [0.1, 0.15) is 5.69 Å². The average molecular weight is 294 g/mol. The predicted octanol–water partition coefficient (Wildman–Crippen LogP) is 3.30. The van der Waals surface area contributed by atoms with Crippen LogP contribution in [0.4, 0.5) is 13.2 Å². The molecule has 0 saturated carbocycles. The Labute approximate surface area is 119 Å². The summed E-state index contributed by atoms with van der Waals surface area (Å²) in [5, 5.41) is 0. The maximum Gasteiger partial charge on any atom is 0.433 e. The van der Waals surface area contributed by atoms with Crippen molar-refractivity contribution in [3.8, 4) is 11.1 Å². The number of pyridine rings is 1. The van der Waals surface area contributed by atoms with Crippen molar-refractivity contribution in [2.45, 2.75) is 18.9 Å². The summed E-state index contributed by atoms with van der Waals surface area (Å²) in [6, 6.07) is 8.12. The Bertz CT molecular complexity index is 670. The fraction of sp³-hybridized carbons (Fsp3) is 0.267. The lowest BCUT2D eigenvalue weighted by Crippen LogP contribution is -2.10. The molecule has 0 bridgehead atoms. The first kappa shape index (κ1) is 14.0. The van der Waals surface area contributed by atoms with Crippen LogP contribution in [0.15, 0.2) is 36.5 Å². The average Bonchev–Trinajstić information content (AvgIpc) is 2.89. The molecule has 0 fully saturated rings. The van der Waals surface area contributed by atoms with Gasteiger partial charge in [-0.2, -0.15) is 13.2 Å². The maximum absolute atomic E-state index is 12.8. The number of alkyl halides is 3. The van der Waals surface area contributed by atoms with Crippen molar-refractivity contribution >= 4 is 0 Å². The van der Waals surface area contributed by atoms with Crippen molar-refractivity contribution in [3.05, 3.63) is 53.3 Å². The lowest BCUT2D eigenvalue weighted by Gasteiger charge is -2.11. The number of nitrogens with two attached hydrogens (primary N) is 1. The van der Waals surface area contributed by atoms with E-state index in [-0.39, 0.29) is 6.10 Å². The Morgan fingerprint density at radius 3 is 2.81 bits per heavy atom. The topological polar surface area (TPSA) is 48.1 Å². The van der Waals surface area contributed by atoms with Gasteiger partial charge in [0.2, 0.25) is 0 Å². The summed E-state index contributed by atoms with van der Waals surface area (Å²) in [7, 11) is 0. The molecule has 1 aromatic carbocycles. The first-order valence-corrected chi connectivity index (χ1v) is 6.48. The summed E-state index contributed by atoms with van der Waals surface area (Å²) in [6.07, 6.45) is -3.47. The maximum atomic E-state index is 12.8. The van der Waals surface area contributed by atoms with Crippen molar-refractivity contribution in [1.82, 2.24) is 4.98 Å². The molecule has 1 aromatic heterocycles. The predicted molar refractivity (Wildman–Crippen MR) is 71.3 cm³/mol. The van der Waals surface area contributed by atoms with Gasteiger partial charge in [-0.15, -0.1) is 0 Å². The quantitative estimate of drug-likeness (QED) is 0.924. The Kier molecular flexibility index (Phi) is 3.43. The van der Waals surface area contributed by atoms with Crippen LogP contribution in [-0.2, 0) is 17.5 Å². The highest BCUT2D eigenvalue weighted by Crippen LogP contribution is 2.38. The first-order valence-electron chi connectivity index (χ1n) is 6.48. The van der Waals surface area contributed by atoms with Gasteiger partial charge in [-0.05, 0) is 34.4 Å². The van der Waals surface area contributed by atoms with E-state index in [2.05, 4.69) is 4.98 Å². The Morgan fingerprint density at radius 1 is 1.29 bits per heavy atom. The van der Waals surface area contributed by atoms with E-state index in [0.717, 1.165) is 22.8 Å². The molecule has 1 aliphatic rings. The molecule has 0 amide bonds. The molecule has 110 valence electrons. The van der Waals surface area contributed by atoms with Gasteiger partial charge in [-0.3, -0.25) is 4.98 Å². The minimum absolute atomic E-state index is 0.191. The minimum Gasteiger partial charge on any atom is -0.367 e. The molecular formula is C15H13F3N2O. The molecule has 2 N–H and O–H groups in total. The fourth-order valence-electron chi connectivity index (χ4n) is 2.56. The van der Waals surface area contributed by atoms with Gasteiger partial charge in [0.25, 0.3) is 0 Å². The summed E-state index contributed by atoms with van der Waals surface area (Å²) in [5.41, 5.74) is 7.79. The van der Waals surface area contributed by atoms with Gasteiger partial charge in [0.05, 0.1) is 12.7 Å². The highest BCUT2D eigenvalue weighted by molar-refractivity contribution is 5.69. The lowest BCUT2D eigenvalue weighted by atomic mass is 9.95. The zero-order chi connectivity index (χ0) is 15.0. The van der Waals surface area contributed by atoms with Crippen LogP contribution in [0.25, 0.3) is 11.1 Å². The number of fused-ring (bicyclic) bond motifs is 1. The van der Waals surface area contributed by atoms with Crippen LogP contribution in [0.5, 0.6) is 0 Å². The summed E-state index contributed by atoms with van der Waals surface area (Å²) < 4.78 is 43.9. The number of benzene rings is 1. The summed E-state index contributed by atoms with van der Waals surface area (Å²) in [5.74, 6) is 0. The van der Waals surface area contributed by atoms with Crippen LogP contribution in [0.1, 0.15) is 22.9 Å². The van der Waals surface area contributed by atoms with Crippen LogP contribution < -0.4 is 5.73 Å². The molecule has 2 heterocycles. The van der Waals surface area contributed by atoms with Gasteiger partial charge in [-0.1, -0.05) is 18.2 Å². The van der Waals surface area contributed by atoms with Crippen LogP contribution in [0.3, 0.4) is 0 Å². The van der Waals surface area contributed by atoms with E-state index >= 15 is 0 Å². The smallest absolute Gasteiger partial charge is 0.367 e. The molecule has 0 spiro atoms. The molecule has 0 saturated heterocycles. The van der Waals surface area contributed by atoms with Crippen LogP contribution in [-0.4, -0.2) is 11.5 Å². The second kappa shape index (κ2) is 5.13. The summed E-state index contributed by atoms with van der Waals surface area (Å²) in [4.78, 5) is 3.38. The Balaban J connectivity index is 2.09. The normalized spacial score (nSPS) is 17.8. The molecule has 1 atom stereocenters.